The van der Waals surface area contributed by atoms with Gasteiger partial charge in [-0.15, -0.1) is 8.78 Å². The molecular weight excluding hydrogens is 382 g/mol. The van der Waals surface area contributed by atoms with Crippen molar-refractivity contribution in [3.63, 3.8) is 0 Å². The number of rotatable bonds is 6. The van der Waals surface area contributed by atoms with E-state index in [1.807, 2.05) is 0 Å². The maximum absolute atomic E-state index is 12.6. The average Bonchev–Trinajstić information content (AvgIpc) is 2.89. The lowest BCUT2D eigenvalue weighted by Gasteiger charge is -2.17. The molecule has 1 aliphatic heterocycles. The van der Waals surface area contributed by atoms with Crippen LogP contribution in [0.1, 0.15) is 6.42 Å². The highest BCUT2D eigenvalue weighted by Crippen LogP contribution is 2.29. The number of methoxy groups -OCH3 is 1. The van der Waals surface area contributed by atoms with Gasteiger partial charge in [0.1, 0.15) is 17.5 Å². The summed E-state index contributed by atoms with van der Waals surface area (Å²) in [5.41, 5.74) is -2.88. The second-order valence-corrected chi connectivity index (χ2v) is 6.18. The summed E-state index contributed by atoms with van der Waals surface area (Å²) in [7, 11) is 1.52. The molecule has 0 bridgehead atoms. The number of anilines is 2. The maximum atomic E-state index is 12.6. The number of benzene rings is 2. The van der Waals surface area contributed by atoms with Crippen LogP contribution in [0.25, 0.3) is 0 Å². The molecule has 9 heteroatoms. The van der Waals surface area contributed by atoms with E-state index in [0.29, 0.717) is 17.1 Å². The Morgan fingerprint density at radius 1 is 1.07 bits per heavy atom. The highest BCUT2D eigenvalue weighted by molar-refractivity contribution is 6.23. The van der Waals surface area contributed by atoms with Crippen LogP contribution in [-0.2, 0) is 9.59 Å². The van der Waals surface area contributed by atoms with Crippen LogP contribution in [-0.4, -0.2) is 30.5 Å². The molecule has 1 N–H and O–H groups in total. The van der Waals surface area contributed by atoms with Gasteiger partial charge >= 0.3 is 5.57 Å². The van der Waals surface area contributed by atoms with E-state index in [1.54, 1.807) is 24.3 Å². The molecule has 142 valence electrons. The fourth-order valence-electron chi connectivity index (χ4n) is 2.70. The first kappa shape index (κ1) is 18.9. The first-order valence-electron chi connectivity index (χ1n) is 7.90. The van der Waals surface area contributed by atoms with Gasteiger partial charge in [0.15, 0.2) is 0 Å². The maximum Gasteiger partial charge on any atom is 0.487 e. The molecule has 0 aromatic heterocycles. The zero-order valence-electron chi connectivity index (χ0n) is 14.1. The zero-order chi connectivity index (χ0) is 19.6. The minimum absolute atomic E-state index is 0.0249. The van der Waals surface area contributed by atoms with Crippen molar-refractivity contribution in [3.8, 4) is 11.5 Å². The third-order valence-corrected chi connectivity index (χ3v) is 3.98. The van der Waals surface area contributed by atoms with Gasteiger partial charge in [0.05, 0.1) is 19.2 Å². The molecule has 0 saturated carbocycles. The fourth-order valence-corrected chi connectivity index (χ4v) is 2.79. The van der Waals surface area contributed by atoms with E-state index in [4.69, 9.17) is 16.3 Å². The van der Waals surface area contributed by atoms with Gasteiger partial charge in [-0.25, -0.2) is 4.90 Å². The van der Waals surface area contributed by atoms with Crippen LogP contribution in [0.4, 0.5) is 20.2 Å². The molecule has 1 atom stereocenters. The van der Waals surface area contributed by atoms with E-state index < -0.39 is 17.5 Å². The molecule has 2 amide bonds. The van der Waals surface area contributed by atoms with Crippen LogP contribution in [0, 0.1) is 0 Å². The molecular formula is C18H15ClF2N2O4. The third kappa shape index (κ3) is 4.46. The fraction of sp³-hybridized carbons (Fsp3) is 0.222. The van der Waals surface area contributed by atoms with Gasteiger partial charge in [0, 0.05) is 17.3 Å². The van der Waals surface area contributed by atoms with Crippen LogP contribution in [0.2, 0.25) is 0 Å². The number of nitrogens with one attached hydrogen (secondary N) is 1. The number of amides is 2. The molecule has 1 fully saturated rings. The number of carbonyl (C=O) groups is 2. The predicted octanol–water partition coefficient (Wildman–Crippen LogP) is 3.61. The Kier molecular flexibility index (Phi) is 5.18. The Bertz CT molecular complexity index is 838. The predicted molar refractivity (Wildman–Crippen MR) is 95.4 cm³/mol. The van der Waals surface area contributed by atoms with Crippen LogP contribution in [0.3, 0.4) is 0 Å². The number of hydrogen-bond donors (Lipinski definition) is 1. The largest absolute Gasteiger partial charge is 0.497 e. The van der Waals surface area contributed by atoms with Gasteiger partial charge < -0.3 is 14.8 Å². The molecule has 1 unspecified atom stereocenters. The number of imide groups is 1. The van der Waals surface area contributed by atoms with Crippen molar-refractivity contribution in [2.75, 3.05) is 17.3 Å². The van der Waals surface area contributed by atoms with Crippen LogP contribution >= 0.6 is 11.6 Å². The first-order valence-corrected chi connectivity index (χ1v) is 8.28. The second kappa shape index (κ2) is 7.40. The Balaban J connectivity index is 1.69. The molecule has 1 aliphatic rings. The minimum Gasteiger partial charge on any atom is -0.497 e. The van der Waals surface area contributed by atoms with E-state index in [9.17, 15) is 18.4 Å². The van der Waals surface area contributed by atoms with Crippen molar-refractivity contribution >= 4 is 34.8 Å². The molecule has 1 saturated heterocycles. The normalized spacial score (nSPS) is 17.2. The molecule has 0 radical (unpaired) electrons. The average molecular weight is 397 g/mol. The number of halogens is 3. The van der Waals surface area contributed by atoms with E-state index in [-0.39, 0.29) is 18.1 Å². The summed E-state index contributed by atoms with van der Waals surface area (Å²) in [6, 6.07) is 11.2. The number of alkyl halides is 3. The third-order valence-electron chi connectivity index (χ3n) is 3.91. The molecule has 6 nitrogen and oxygen atoms in total. The number of nitrogens with zero attached hydrogens (tertiary/aromatic N) is 1. The standard InChI is InChI=1S/C18H15ClF2N2O4/c1-26-13-8-4-12(5-9-13)23-16(24)10-15(17(23)25)22-11-2-6-14(7-3-11)27-18(19,20)21/h2-9,15,22H,10H2,1H3. The number of ether oxygens (including phenoxy) is 2. The first-order chi connectivity index (χ1) is 12.8. The van der Waals surface area contributed by atoms with Gasteiger partial charge in [-0.3, -0.25) is 9.59 Å². The highest BCUT2D eigenvalue weighted by Gasteiger charge is 2.39. The summed E-state index contributed by atoms with van der Waals surface area (Å²) in [5.74, 6) is -0.270. The van der Waals surface area contributed by atoms with E-state index in [0.717, 1.165) is 4.90 Å². The summed E-state index contributed by atoms with van der Waals surface area (Å²) in [6.07, 6.45) is -0.0249. The molecule has 3 rings (SSSR count). The van der Waals surface area contributed by atoms with E-state index >= 15 is 0 Å². The summed E-state index contributed by atoms with van der Waals surface area (Å²) < 4.78 is 34.5. The Hall–Kier alpha value is -2.87. The van der Waals surface area contributed by atoms with Gasteiger partial charge in [0.2, 0.25) is 5.91 Å². The van der Waals surface area contributed by atoms with Crippen LogP contribution in [0.5, 0.6) is 11.5 Å². The molecule has 1 heterocycles. The van der Waals surface area contributed by atoms with Gasteiger partial charge in [-0.1, -0.05) is 0 Å². The van der Waals surface area contributed by atoms with Gasteiger partial charge in [0.25, 0.3) is 5.91 Å². The Morgan fingerprint density at radius 3 is 2.22 bits per heavy atom. The SMILES string of the molecule is COc1ccc(N2C(=O)CC(Nc3ccc(OC(F)(F)Cl)cc3)C2=O)cc1. The number of carbonyl (C=O) groups excluding carboxylic acids is 2. The monoisotopic (exact) mass is 396 g/mol. The Labute approximate surface area is 158 Å². The second-order valence-electron chi connectivity index (χ2n) is 5.74. The lowest BCUT2D eigenvalue weighted by atomic mass is 10.2. The summed E-state index contributed by atoms with van der Waals surface area (Å²) in [6.45, 7) is 0. The number of hydrogen-bond acceptors (Lipinski definition) is 5. The summed E-state index contributed by atoms with van der Waals surface area (Å²) in [5, 5.41) is 2.92. The lowest BCUT2D eigenvalue weighted by Crippen LogP contribution is -2.34. The molecule has 0 spiro atoms. The lowest BCUT2D eigenvalue weighted by molar-refractivity contribution is -0.121. The van der Waals surface area contributed by atoms with Crippen molar-refractivity contribution in [1.82, 2.24) is 0 Å². The topological polar surface area (TPSA) is 67.9 Å². The summed E-state index contributed by atoms with van der Waals surface area (Å²) in [4.78, 5) is 26.0. The molecule has 2 aromatic rings. The Morgan fingerprint density at radius 2 is 1.67 bits per heavy atom. The van der Waals surface area contributed by atoms with Crippen molar-refractivity contribution in [2.24, 2.45) is 0 Å². The minimum atomic E-state index is -3.80. The molecule has 0 aliphatic carbocycles. The van der Waals surface area contributed by atoms with Crippen molar-refractivity contribution in [3.05, 3.63) is 48.5 Å². The van der Waals surface area contributed by atoms with Crippen molar-refractivity contribution in [2.45, 2.75) is 18.0 Å². The van der Waals surface area contributed by atoms with E-state index in [1.165, 1.54) is 31.4 Å². The van der Waals surface area contributed by atoms with Crippen molar-refractivity contribution in [1.29, 1.82) is 0 Å². The quantitative estimate of drug-likeness (QED) is 0.597. The smallest absolute Gasteiger partial charge is 0.487 e. The van der Waals surface area contributed by atoms with E-state index in [2.05, 4.69) is 10.1 Å². The van der Waals surface area contributed by atoms with Gasteiger partial charge in [-0.05, 0) is 48.5 Å². The van der Waals surface area contributed by atoms with Gasteiger partial charge in [-0.2, -0.15) is 0 Å². The zero-order valence-corrected chi connectivity index (χ0v) is 14.9. The highest BCUT2D eigenvalue weighted by atomic mass is 35.5. The molecule has 27 heavy (non-hydrogen) atoms. The molecule has 2 aromatic carbocycles. The summed E-state index contributed by atoms with van der Waals surface area (Å²) >= 11 is 4.71. The van der Waals surface area contributed by atoms with Crippen LogP contribution in [0.15, 0.2) is 48.5 Å². The van der Waals surface area contributed by atoms with Crippen LogP contribution < -0.4 is 19.7 Å². The van der Waals surface area contributed by atoms with Crippen molar-refractivity contribution < 1.29 is 27.8 Å².